The number of halogens is 1. The van der Waals surface area contributed by atoms with Crippen LogP contribution in [0.1, 0.15) is 43.7 Å². The molecule has 0 aromatic carbocycles. The second-order valence-electron chi connectivity index (χ2n) is 5.47. The average Bonchev–Trinajstić information content (AvgIpc) is 2.49. The van der Waals surface area contributed by atoms with Gasteiger partial charge in [0, 0.05) is 32.1 Å². The van der Waals surface area contributed by atoms with Crippen molar-refractivity contribution >= 4 is 5.82 Å². The number of hydrogen-bond acceptors (Lipinski definition) is 4. The molecular weight excluding hydrogens is 243 g/mol. The highest BCUT2D eigenvalue weighted by Crippen LogP contribution is 2.34. The Morgan fingerprint density at radius 2 is 1.84 bits per heavy atom. The Bertz CT molecular complexity index is 389. The van der Waals surface area contributed by atoms with Crippen LogP contribution < -0.4 is 10.2 Å². The van der Waals surface area contributed by atoms with Crippen LogP contribution in [0.15, 0.2) is 6.33 Å². The van der Waals surface area contributed by atoms with Crippen molar-refractivity contribution in [1.82, 2.24) is 15.3 Å². The normalized spacial score (nSPS) is 21.6. The van der Waals surface area contributed by atoms with E-state index in [0.29, 0.717) is 17.4 Å². The number of piperazine rings is 1. The minimum absolute atomic E-state index is 0.184. The second kappa shape index (κ2) is 5.82. The molecule has 19 heavy (non-hydrogen) atoms. The van der Waals surface area contributed by atoms with E-state index >= 15 is 0 Å². The molecule has 2 fully saturated rings. The molecule has 1 N–H and O–H groups in total. The van der Waals surface area contributed by atoms with Crippen molar-refractivity contribution in [3.63, 3.8) is 0 Å². The molecule has 0 amide bonds. The first-order valence-electron chi connectivity index (χ1n) is 7.32. The van der Waals surface area contributed by atoms with Gasteiger partial charge in [0.15, 0.2) is 11.6 Å². The van der Waals surface area contributed by atoms with Crippen molar-refractivity contribution in [2.45, 2.75) is 38.0 Å². The highest BCUT2D eigenvalue weighted by molar-refractivity contribution is 5.42. The van der Waals surface area contributed by atoms with E-state index < -0.39 is 0 Å². The number of anilines is 1. The van der Waals surface area contributed by atoms with Gasteiger partial charge in [-0.3, -0.25) is 0 Å². The van der Waals surface area contributed by atoms with Crippen molar-refractivity contribution in [1.29, 1.82) is 0 Å². The van der Waals surface area contributed by atoms with E-state index in [1.54, 1.807) is 0 Å². The maximum Gasteiger partial charge on any atom is 0.187 e. The van der Waals surface area contributed by atoms with Gasteiger partial charge in [-0.25, -0.2) is 14.4 Å². The fourth-order valence-electron chi connectivity index (χ4n) is 3.13. The zero-order valence-electron chi connectivity index (χ0n) is 11.2. The molecule has 4 nitrogen and oxygen atoms in total. The van der Waals surface area contributed by atoms with Crippen LogP contribution in [0.25, 0.3) is 0 Å². The summed E-state index contributed by atoms with van der Waals surface area (Å²) in [5, 5.41) is 3.27. The molecule has 2 heterocycles. The Morgan fingerprint density at radius 1 is 1.11 bits per heavy atom. The van der Waals surface area contributed by atoms with Crippen molar-refractivity contribution in [2.24, 2.45) is 0 Å². The summed E-state index contributed by atoms with van der Waals surface area (Å²) in [5.74, 6) is 0.604. The summed E-state index contributed by atoms with van der Waals surface area (Å²) < 4.78 is 14.7. The summed E-state index contributed by atoms with van der Waals surface area (Å²) in [6.45, 7) is 3.42. The van der Waals surface area contributed by atoms with Gasteiger partial charge in [0.25, 0.3) is 0 Å². The second-order valence-corrected chi connectivity index (χ2v) is 5.47. The summed E-state index contributed by atoms with van der Waals surface area (Å²) in [6.07, 6.45) is 7.32. The van der Waals surface area contributed by atoms with Crippen molar-refractivity contribution < 1.29 is 4.39 Å². The van der Waals surface area contributed by atoms with Gasteiger partial charge in [-0.1, -0.05) is 19.3 Å². The minimum Gasteiger partial charge on any atom is -0.352 e. The van der Waals surface area contributed by atoms with Gasteiger partial charge >= 0.3 is 0 Å². The van der Waals surface area contributed by atoms with E-state index in [1.807, 2.05) is 4.90 Å². The van der Waals surface area contributed by atoms with Gasteiger partial charge in [0.2, 0.25) is 0 Å². The lowest BCUT2D eigenvalue weighted by Gasteiger charge is -2.29. The molecule has 1 saturated heterocycles. The molecule has 1 saturated carbocycles. The molecule has 0 spiro atoms. The van der Waals surface area contributed by atoms with Crippen LogP contribution in [-0.4, -0.2) is 36.1 Å². The Kier molecular flexibility index (Phi) is 3.92. The van der Waals surface area contributed by atoms with Crippen LogP contribution in [0.5, 0.6) is 0 Å². The fraction of sp³-hybridized carbons (Fsp3) is 0.714. The van der Waals surface area contributed by atoms with Crippen molar-refractivity contribution in [3.8, 4) is 0 Å². The molecule has 0 radical (unpaired) electrons. The zero-order chi connectivity index (χ0) is 13.1. The molecule has 0 bridgehead atoms. The Hall–Kier alpha value is -1.23. The number of hydrogen-bond donors (Lipinski definition) is 1. The predicted octanol–water partition coefficient (Wildman–Crippen LogP) is 2.07. The molecule has 1 aliphatic heterocycles. The lowest BCUT2D eigenvalue weighted by molar-refractivity contribution is 0.418. The minimum atomic E-state index is -0.184. The average molecular weight is 264 g/mol. The Balaban J connectivity index is 1.84. The largest absolute Gasteiger partial charge is 0.352 e. The molecule has 3 rings (SSSR count). The smallest absolute Gasteiger partial charge is 0.187 e. The lowest BCUT2D eigenvalue weighted by atomic mass is 9.86. The summed E-state index contributed by atoms with van der Waals surface area (Å²) in [6, 6.07) is 0. The van der Waals surface area contributed by atoms with E-state index in [-0.39, 0.29) is 5.82 Å². The summed E-state index contributed by atoms with van der Waals surface area (Å²) in [7, 11) is 0. The Labute approximate surface area is 113 Å². The van der Waals surface area contributed by atoms with Crippen LogP contribution in [0.2, 0.25) is 0 Å². The molecule has 0 atom stereocenters. The quantitative estimate of drug-likeness (QED) is 0.888. The first kappa shape index (κ1) is 12.8. The van der Waals surface area contributed by atoms with Crippen molar-refractivity contribution in [3.05, 3.63) is 17.8 Å². The number of aromatic nitrogens is 2. The van der Waals surface area contributed by atoms with Crippen LogP contribution >= 0.6 is 0 Å². The molecule has 5 heteroatoms. The maximum absolute atomic E-state index is 14.7. The standard InChI is InChI=1S/C14H21FN4/c15-12-13(11-4-2-1-3-5-11)17-10-18-14(12)19-8-6-16-7-9-19/h10-11,16H,1-9H2. The number of nitrogens with one attached hydrogen (secondary N) is 1. The lowest BCUT2D eigenvalue weighted by Crippen LogP contribution is -2.44. The summed E-state index contributed by atoms with van der Waals surface area (Å²) >= 11 is 0. The van der Waals surface area contributed by atoms with Crippen LogP contribution in [0.4, 0.5) is 10.2 Å². The molecule has 0 unspecified atom stereocenters. The highest BCUT2D eigenvalue weighted by Gasteiger charge is 2.25. The van der Waals surface area contributed by atoms with E-state index in [2.05, 4.69) is 15.3 Å². The monoisotopic (exact) mass is 264 g/mol. The third-order valence-corrected chi connectivity index (χ3v) is 4.21. The Morgan fingerprint density at radius 3 is 2.58 bits per heavy atom. The third-order valence-electron chi connectivity index (χ3n) is 4.21. The molecule has 1 aliphatic carbocycles. The van der Waals surface area contributed by atoms with Gasteiger partial charge < -0.3 is 10.2 Å². The SMILES string of the molecule is Fc1c(C2CCCCC2)ncnc1N1CCNCC1. The van der Waals surface area contributed by atoms with Gasteiger partial charge in [0.1, 0.15) is 6.33 Å². The first-order valence-corrected chi connectivity index (χ1v) is 7.32. The predicted molar refractivity (Wildman–Crippen MR) is 72.9 cm³/mol. The van der Waals surface area contributed by atoms with Crippen LogP contribution in [0.3, 0.4) is 0 Å². The fourth-order valence-corrected chi connectivity index (χ4v) is 3.13. The first-order chi connectivity index (χ1) is 9.36. The highest BCUT2D eigenvalue weighted by atomic mass is 19.1. The molecule has 1 aromatic rings. The van der Waals surface area contributed by atoms with Gasteiger partial charge in [-0.15, -0.1) is 0 Å². The van der Waals surface area contributed by atoms with E-state index in [1.165, 1.54) is 25.6 Å². The van der Waals surface area contributed by atoms with Gasteiger partial charge in [-0.2, -0.15) is 0 Å². The van der Waals surface area contributed by atoms with Crippen LogP contribution in [-0.2, 0) is 0 Å². The van der Waals surface area contributed by atoms with E-state index in [0.717, 1.165) is 39.0 Å². The van der Waals surface area contributed by atoms with E-state index in [9.17, 15) is 4.39 Å². The van der Waals surface area contributed by atoms with Crippen LogP contribution in [0, 0.1) is 5.82 Å². The van der Waals surface area contributed by atoms with Crippen molar-refractivity contribution in [2.75, 3.05) is 31.1 Å². The third kappa shape index (κ3) is 2.71. The van der Waals surface area contributed by atoms with Gasteiger partial charge in [-0.05, 0) is 12.8 Å². The topological polar surface area (TPSA) is 41.1 Å². The van der Waals surface area contributed by atoms with E-state index in [4.69, 9.17) is 0 Å². The zero-order valence-corrected chi connectivity index (χ0v) is 11.2. The maximum atomic E-state index is 14.7. The molecule has 104 valence electrons. The molecule has 2 aliphatic rings. The number of rotatable bonds is 2. The van der Waals surface area contributed by atoms with Gasteiger partial charge in [0.05, 0.1) is 5.69 Å². The molecular formula is C14H21FN4. The number of nitrogens with zero attached hydrogens (tertiary/aromatic N) is 3. The summed E-state index contributed by atoms with van der Waals surface area (Å²) in [4.78, 5) is 10.4. The molecule has 1 aromatic heterocycles. The summed E-state index contributed by atoms with van der Waals surface area (Å²) in [5.41, 5.74) is 0.642.